The van der Waals surface area contributed by atoms with Gasteiger partial charge in [0.2, 0.25) is 0 Å². The topological polar surface area (TPSA) is 55.0 Å². The van der Waals surface area contributed by atoms with Gasteiger partial charge < -0.3 is 9.72 Å². The molecule has 82 valence electrons. The van der Waals surface area contributed by atoms with Crippen molar-refractivity contribution in [3.63, 3.8) is 0 Å². The molecule has 0 fully saturated rings. The van der Waals surface area contributed by atoms with Gasteiger partial charge in [0, 0.05) is 11.8 Å². The number of H-pyrrole nitrogens is 1. The molecule has 2 rings (SSSR count). The summed E-state index contributed by atoms with van der Waals surface area (Å²) in [7, 11) is 0. The van der Waals surface area contributed by atoms with Crippen LogP contribution in [0.5, 0.6) is 5.75 Å². The molecule has 1 N–H and O–H groups in total. The molecule has 16 heavy (non-hydrogen) atoms. The SMILES string of the molecule is CCOc1ccccc1-c1cnc[nH]c1=O. The molecular formula is C12H12N2O2. The highest BCUT2D eigenvalue weighted by Gasteiger charge is 2.08. The van der Waals surface area contributed by atoms with Crippen LogP contribution in [0, 0.1) is 0 Å². The quantitative estimate of drug-likeness (QED) is 0.851. The Morgan fingerprint density at radius 1 is 1.31 bits per heavy atom. The van der Waals surface area contributed by atoms with Gasteiger partial charge in [-0.1, -0.05) is 18.2 Å². The smallest absolute Gasteiger partial charge is 0.258 e. The molecule has 1 aromatic carbocycles. The average molecular weight is 216 g/mol. The lowest BCUT2D eigenvalue weighted by molar-refractivity contribution is 0.341. The summed E-state index contributed by atoms with van der Waals surface area (Å²) in [6.45, 7) is 2.47. The van der Waals surface area contributed by atoms with Gasteiger partial charge in [0.15, 0.2) is 0 Å². The maximum atomic E-state index is 11.6. The zero-order chi connectivity index (χ0) is 11.4. The first-order chi connectivity index (χ1) is 7.83. The number of benzene rings is 1. The highest BCUT2D eigenvalue weighted by atomic mass is 16.5. The summed E-state index contributed by atoms with van der Waals surface area (Å²) in [4.78, 5) is 18.1. The van der Waals surface area contributed by atoms with Crippen LogP contribution in [-0.2, 0) is 0 Å². The van der Waals surface area contributed by atoms with E-state index in [1.807, 2.05) is 31.2 Å². The second-order valence-electron chi connectivity index (χ2n) is 3.22. The number of rotatable bonds is 3. The van der Waals surface area contributed by atoms with E-state index in [9.17, 15) is 4.79 Å². The zero-order valence-electron chi connectivity index (χ0n) is 8.93. The summed E-state index contributed by atoms with van der Waals surface area (Å²) in [5, 5.41) is 0. The average Bonchev–Trinajstić information content (AvgIpc) is 2.31. The first kappa shape index (κ1) is 10.4. The summed E-state index contributed by atoms with van der Waals surface area (Å²) < 4.78 is 5.47. The fourth-order valence-electron chi connectivity index (χ4n) is 1.51. The minimum absolute atomic E-state index is 0.165. The number of aromatic nitrogens is 2. The normalized spacial score (nSPS) is 10.1. The molecule has 0 spiro atoms. The molecule has 0 unspecified atom stereocenters. The van der Waals surface area contributed by atoms with Gasteiger partial charge in [-0.05, 0) is 13.0 Å². The van der Waals surface area contributed by atoms with E-state index in [1.54, 1.807) is 0 Å². The van der Waals surface area contributed by atoms with Crippen LogP contribution in [0.4, 0.5) is 0 Å². The Morgan fingerprint density at radius 3 is 2.88 bits per heavy atom. The number of nitrogens with zero attached hydrogens (tertiary/aromatic N) is 1. The monoisotopic (exact) mass is 216 g/mol. The fraction of sp³-hybridized carbons (Fsp3) is 0.167. The number of para-hydroxylation sites is 1. The molecule has 0 amide bonds. The van der Waals surface area contributed by atoms with Crippen molar-refractivity contribution in [3.05, 3.63) is 47.1 Å². The van der Waals surface area contributed by atoms with E-state index in [-0.39, 0.29) is 5.56 Å². The summed E-state index contributed by atoms with van der Waals surface area (Å²) in [5.41, 5.74) is 1.12. The number of hydrogen-bond donors (Lipinski definition) is 1. The largest absolute Gasteiger partial charge is 0.493 e. The van der Waals surface area contributed by atoms with Crippen LogP contribution < -0.4 is 10.3 Å². The van der Waals surface area contributed by atoms with Crippen molar-refractivity contribution in [1.29, 1.82) is 0 Å². The Hall–Kier alpha value is -2.10. The lowest BCUT2D eigenvalue weighted by Crippen LogP contribution is -2.09. The van der Waals surface area contributed by atoms with E-state index in [4.69, 9.17) is 4.74 Å². The maximum absolute atomic E-state index is 11.6. The van der Waals surface area contributed by atoms with Crippen LogP contribution in [0.15, 0.2) is 41.6 Å². The Labute approximate surface area is 92.9 Å². The van der Waals surface area contributed by atoms with E-state index >= 15 is 0 Å². The number of nitrogens with one attached hydrogen (secondary N) is 1. The molecule has 0 radical (unpaired) electrons. The third kappa shape index (κ3) is 1.95. The van der Waals surface area contributed by atoms with Gasteiger partial charge >= 0.3 is 0 Å². The molecule has 1 aromatic heterocycles. The lowest BCUT2D eigenvalue weighted by atomic mass is 10.1. The van der Waals surface area contributed by atoms with Gasteiger partial charge in [0.05, 0.1) is 18.5 Å². The van der Waals surface area contributed by atoms with Crippen molar-refractivity contribution in [3.8, 4) is 16.9 Å². The second-order valence-corrected chi connectivity index (χ2v) is 3.22. The summed E-state index contributed by atoms with van der Waals surface area (Å²) in [5.74, 6) is 0.698. The van der Waals surface area contributed by atoms with E-state index in [2.05, 4.69) is 9.97 Å². The minimum Gasteiger partial charge on any atom is -0.493 e. The van der Waals surface area contributed by atoms with Crippen LogP contribution in [0.2, 0.25) is 0 Å². The predicted molar refractivity (Wildman–Crippen MR) is 61.5 cm³/mol. The standard InChI is InChI=1S/C12H12N2O2/c1-2-16-11-6-4-3-5-9(11)10-7-13-8-14-12(10)15/h3-8H,2H2,1H3,(H,13,14,15). The van der Waals surface area contributed by atoms with Gasteiger partial charge in [-0.15, -0.1) is 0 Å². The van der Waals surface area contributed by atoms with E-state index < -0.39 is 0 Å². The van der Waals surface area contributed by atoms with Crippen molar-refractivity contribution in [1.82, 2.24) is 9.97 Å². The van der Waals surface area contributed by atoms with Crippen molar-refractivity contribution >= 4 is 0 Å². The maximum Gasteiger partial charge on any atom is 0.258 e. The summed E-state index contributed by atoms with van der Waals surface area (Å²) >= 11 is 0. The van der Waals surface area contributed by atoms with Crippen molar-refractivity contribution in [2.24, 2.45) is 0 Å². The molecular weight excluding hydrogens is 204 g/mol. The van der Waals surface area contributed by atoms with Gasteiger partial charge in [-0.25, -0.2) is 4.98 Å². The zero-order valence-corrected chi connectivity index (χ0v) is 8.93. The number of hydrogen-bond acceptors (Lipinski definition) is 3. The van der Waals surface area contributed by atoms with Crippen molar-refractivity contribution < 1.29 is 4.74 Å². The summed E-state index contributed by atoms with van der Waals surface area (Å²) in [6, 6.07) is 7.42. The Bertz CT molecular complexity index is 534. The molecule has 0 atom stereocenters. The molecule has 0 aliphatic heterocycles. The Morgan fingerprint density at radius 2 is 2.12 bits per heavy atom. The lowest BCUT2D eigenvalue weighted by Gasteiger charge is -2.08. The van der Waals surface area contributed by atoms with Crippen LogP contribution in [0.1, 0.15) is 6.92 Å². The minimum atomic E-state index is -0.165. The van der Waals surface area contributed by atoms with Gasteiger partial charge in [0.25, 0.3) is 5.56 Å². The number of ether oxygens (including phenoxy) is 1. The first-order valence-corrected chi connectivity index (χ1v) is 5.08. The summed E-state index contributed by atoms with van der Waals surface area (Å²) in [6.07, 6.45) is 2.91. The van der Waals surface area contributed by atoms with E-state index in [1.165, 1.54) is 12.5 Å². The predicted octanol–water partition coefficient (Wildman–Crippen LogP) is 1.84. The van der Waals surface area contributed by atoms with E-state index in [0.29, 0.717) is 17.9 Å². The second kappa shape index (κ2) is 4.61. The highest BCUT2D eigenvalue weighted by Crippen LogP contribution is 2.26. The molecule has 0 saturated carbocycles. The first-order valence-electron chi connectivity index (χ1n) is 5.08. The third-order valence-electron chi connectivity index (χ3n) is 2.20. The van der Waals surface area contributed by atoms with Crippen molar-refractivity contribution in [2.45, 2.75) is 6.92 Å². The van der Waals surface area contributed by atoms with Crippen LogP contribution in [0.3, 0.4) is 0 Å². The molecule has 0 saturated heterocycles. The molecule has 0 aliphatic rings. The van der Waals surface area contributed by atoms with E-state index in [0.717, 1.165) is 5.56 Å². The van der Waals surface area contributed by atoms with Gasteiger partial charge in [-0.2, -0.15) is 0 Å². The molecule has 4 nitrogen and oxygen atoms in total. The van der Waals surface area contributed by atoms with Crippen LogP contribution in [0.25, 0.3) is 11.1 Å². The van der Waals surface area contributed by atoms with Crippen molar-refractivity contribution in [2.75, 3.05) is 6.61 Å². The molecule has 4 heteroatoms. The Kier molecular flexibility index (Phi) is 3.00. The molecule has 0 bridgehead atoms. The van der Waals surface area contributed by atoms with Gasteiger partial charge in [0.1, 0.15) is 5.75 Å². The van der Waals surface area contributed by atoms with Crippen LogP contribution in [-0.4, -0.2) is 16.6 Å². The third-order valence-corrected chi connectivity index (χ3v) is 2.20. The molecule has 2 aromatic rings. The Balaban J connectivity index is 2.56. The highest BCUT2D eigenvalue weighted by molar-refractivity contribution is 5.68. The van der Waals surface area contributed by atoms with Crippen LogP contribution >= 0.6 is 0 Å². The van der Waals surface area contributed by atoms with Gasteiger partial charge in [-0.3, -0.25) is 4.79 Å². The fourth-order valence-corrected chi connectivity index (χ4v) is 1.51. The molecule has 0 aliphatic carbocycles. The number of aromatic amines is 1. The molecule has 1 heterocycles.